The molecule has 2 atom stereocenters. The zero-order chi connectivity index (χ0) is 24.7. The molecule has 0 saturated carbocycles. The van der Waals surface area contributed by atoms with Gasteiger partial charge in [0.1, 0.15) is 5.82 Å². The Kier molecular flexibility index (Phi) is 6.74. The first-order valence-electron chi connectivity index (χ1n) is 11.7. The largest absolute Gasteiger partial charge is 0.453 e. The van der Waals surface area contributed by atoms with Crippen molar-refractivity contribution in [1.29, 1.82) is 0 Å². The predicted octanol–water partition coefficient (Wildman–Crippen LogP) is 2.36. The zero-order valence-corrected chi connectivity index (χ0v) is 20.0. The highest BCUT2D eigenvalue weighted by Crippen LogP contribution is 2.29. The van der Waals surface area contributed by atoms with Gasteiger partial charge in [-0.1, -0.05) is 0 Å². The van der Waals surface area contributed by atoms with Crippen LogP contribution < -0.4 is 10.2 Å². The fourth-order valence-corrected chi connectivity index (χ4v) is 4.73. The van der Waals surface area contributed by atoms with Crippen molar-refractivity contribution in [2.45, 2.75) is 64.5 Å². The SMILES string of the molecule is C[C@@H]1CN(C(C)(C)CNC(=O)C2CCN(c3ccc4nnc(C(F)(F)F)n4n3)CC2)C[C@@H](C)O1. The fourth-order valence-electron chi connectivity index (χ4n) is 4.73. The maximum atomic E-state index is 13.1. The van der Waals surface area contributed by atoms with E-state index >= 15 is 0 Å². The minimum Gasteiger partial charge on any atom is -0.373 e. The van der Waals surface area contributed by atoms with Crippen LogP contribution in [0.2, 0.25) is 0 Å². The molecule has 1 amide bonds. The van der Waals surface area contributed by atoms with Gasteiger partial charge in [0, 0.05) is 44.2 Å². The molecule has 2 saturated heterocycles. The van der Waals surface area contributed by atoms with E-state index in [-0.39, 0.29) is 35.2 Å². The molecule has 2 aromatic heterocycles. The van der Waals surface area contributed by atoms with Crippen molar-refractivity contribution < 1.29 is 22.7 Å². The van der Waals surface area contributed by atoms with Crippen molar-refractivity contribution >= 4 is 17.4 Å². The molecule has 9 nitrogen and oxygen atoms in total. The summed E-state index contributed by atoms with van der Waals surface area (Å²) in [6.45, 7) is 11.6. The molecule has 0 unspecified atom stereocenters. The monoisotopic (exact) mass is 483 g/mol. The van der Waals surface area contributed by atoms with Crippen molar-refractivity contribution in [1.82, 2.24) is 30.0 Å². The van der Waals surface area contributed by atoms with E-state index in [1.54, 1.807) is 6.07 Å². The van der Waals surface area contributed by atoms with Gasteiger partial charge >= 0.3 is 6.18 Å². The number of anilines is 1. The van der Waals surface area contributed by atoms with Gasteiger partial charge in [0.25, 0.3) is 5.82 Å². The zero-order valence-electron chi connectivity index (χ0n) is 20.0. The van der Waals surface area contributed by atoms with E-state index < -0.39 is 12.0 Å². The number of carbonyl (C=O) groups is 1. The Morgan fingerprint density at radius 3 is 2.38 bits per heavy atom. The molecule has 12 heteroatoms. The van der Waals surface area contributed by atoms with E-state index in [0.29, 0.717) is 38.3 Å². The topological polar surface area (TPSA) is 87.9 Å². The van der Waals surface area contributed by atoms with E-state index in [4.69, 9.17) is 4.74 Å². The Morgan fingerprint density at radius 1 is 1.12 bits per heavy atom. The minimum atomic E-state index is -4.64. The third-order valence-electron chi connectivity index (χ3n) is 6.66. The van der Waals surface area contributed by atoms with Gasteiger partial charge in [-0.15, -0.1) is 15.3 Å². The highest BCUT2D eigenvalue weighted by Gasteiger charge is 2.38. The number of fused-ring (bicyclic) bond motifs is 1. The Balaban J connectivity index is 1.32. The first kappa shape index (κ1) is 24.6. The summed E-state index contributed by atoms with van der Waals surface area (Å²) in [4.78, 5) is 17.1. The molecule has 4 rings (SSSR count). The number of halogens is 3. The summed E-state index contributed by atoms with van der Waals surface area (Å²) in [5.74, 6) is -0.860. The van der Waals surface area contributed by atoms with Crippen LogP contribution in [0.4, 0.5) is 19.0 Å². The number of aromatic nitrogens is 4. The highest BCUT2D eigenvalue weighted by molar-refractivity contribution is 5.79. The molecule has 0 aromatic carbocycles. The molecule has 0 aliphatic carbocycles. The van der Waals surface area contributed by atoms with Crippen molar-refractivity contribution in [2.24, 2.45) is 5.92 Å². The number of hydrogen-bond acceptors (Lipinski definition) is 7. The first-order chi connectivity index (χ1) is 15.9. The second kappa shape index (κ2) is 9.29. The van der Waals surface area contributed by atoms with Gasteiger partial charge in [-0.25, -0.2) is 0 Å². The number of morpholine rings is 1. The molecule has 0 radical (unpaired) electrons. The molecule has 0 spiro atoms. The highest BCUT2D eigenvalue weighted by atomic mass is 19.4. The number of alkyl halides is 3. The number of piperidine rings is 1. The van der Waals surface area contributed by atoms with Crippen LogP contribution in [-0.4, -0.2) is 81.1 Å². The summed E-state index contributed by atoms with van der Waals surface area (Å²) in [5, 5.41) is 14.0. The van der Waals surface area contributed by atoms with E-state index in [2.05, 4.69) is 53.2 Å². The maximum Gasteiger partial charge on any atom is 0.453 e. The molecule has 2 fully saturated rings. The van der Waals surface area contributed by atoms with Crippen molar-refractivity contribution in [3.8, 4) is 0 Å². The predicted molar refractivity (Wildman–Crippen MR) is 119 cm³/mol. The molecule has 0 bridgehead atoms. The van der Waals surface area contributed by atoms with Crippen molar-refractivity contribution in [2.75, 3.05) is 37.6 Å². The second-order valence-corrected chi connectivity index (χ2v) is 9.94. The molecule has 34 heavy (non-hydrogen) atoms. The number of carbonyl (C=O) groups excluding carboxylic acids is 1. The average Bonchev–Trinajstić information content (AvgIpc) is 3.21. The van der Waals surface area contributed by atoms with E-state index in [1.807, 2.05) is 4.90 Å². The van der Waals surface area contributed by atoms with Crippen LogP contribution in [0.3, 0.4) is 0 Å². The van der Waals surface area contributed by atoms with Crippen LogP contribution in [0.25, 0.3) is 5.65 Å². The Labute approximate surface area is 196 Å². The van der Waals surface area contributed by atoms with Gasteiger partial charge in [-0.05, 0) is 52.7 Å². The quantitative estimate of drug-likeness (QED) is 0.699. The lowest BCUT2D eigenvalue weighted by atomic mass is 9.94. The van der Waals surface area contributed by atoms with Crippen LogP contribution in [0.5, 0.6) is 0 Å². The van der Waals surface area contributed by atoms with E-state index in [9.17, 15) is 18.0 Å². The van der Waals surface area contributed by atoms with Crippen LogP contribution in [0.1, 0.15) is 46.4 Å². The third kappa shape index (κ3) is 5.27. The summed E-state index contributed by atoms with van der Waals surface area (Å²) in [5.41, 5.74) is -0.159. The van der Waals surface area contributed by atoms with Gasteiger partial charge in [-0.2, -0.15) is 17.7 Å². The van der Waals surface area contributed by atoms with Crippen molar-refractivity contribution in [3.63, 3.8) is 0 Å². The molecule has 4 heterocycles. The fraction of sp³-hybridized carbons (Fsp3) is 0.727. The molecule has 2 aliphatic rings. The van der Waals surface area contributed by atoms with Crippen LogP contribution in [-0.2, 0) is 15.7 Å². The molecule has 2 aliphatic heterocycles. The number of rotatable bonds is 5. The summed E-state index contributed by atoms with van der Waals surface area (Å²) in [7, 11) is 0. The molecular weight excluding hydrogens is 451 g/mol. The lowest BCUT2D eigenvalue weighted by Crippen LogP contribution is -2.59. The molecule has 2 aromatic rings. The Hall–Kier alpha value is -2.47. The van der Waals surface area contributed by atoms with Crippen LogP contribution in [0.15, 0.2) is 12.1 Å². The third-order valence-corrected chi connectivity index (χ3v) is 6.66. The van der Waals surface area contributed by atoms with E-state index in [0.717, 1.165) is 17.6 Å². The van der Waals surface area contributed by atoms with Gasteiger partial charge < -0.3 is 15.0 Å². The Bertz CT molecular complexity index is 1010. The Morgan fingerprint density at radius 2 is 1.76 bits per heavy atom. The second-order valence-electron chi connectivity index (χ2n) is 9.94. The standard InChI is InChI=1S/C22H32F3N7O2/c1-14-11-31(12-15(2)34-14)21(3,4)13-26-19(33)16-7-9-30(10-8-16)18-6-5-17-27-28-20(22(23,24)25)32(17)29-18/h5-6,14-16H,7-13H2,1-4H3,(H,26,33)/t14-,15-/m1/s1. The normalized spacial score (nSPS) is 23.4. The van der Waals surface area contributed by atoms with Gasteiger partial charge in [0.2, 0.25) is 5.91 Å². The number of amides is 1. The van der Waals surface area contributed by atoms with Crippen molar-refractivity contribution in [3.05, 3.63) is 18.0 Å². The minimum absolute atomic E-state index is 0.0173. The molecular formula is C22H32F3N7O2. The van der Waals surface area contributed by atoms with Crippen LogP contribution in [0, 0.1) is 5.92 Å². The first-order valence-corrected chi connectivity index (χ1v) is 11.7. The number of nitrogens with zero attached hydrogens (tertiary/aromatic N) is 6. The van der Waals surface area contributed by atoms with Gasteiger partial charge in [0.15, 0.2) is 5.65 Å². The smallest absolute Gasteiger partial charge is 0.373 e. The average molecular weight is 484 g/mol. The molecule has 188 valence electrons. The van der Waals surface area contributed by atoms with Gasteiger partial charge in [0.05, 0.1) is 12.2 Å². The maximum absolute atomic E-state index is 13.1. The van der Waals surface area contributed by atoms with Gasteiger partial charge in [-0.3, -0.25) is 9.69 Å². The summed E-state index contributed by atoms with van der Waals surface area (Å²) in [6.07, 6.45) is -3.12. The molecule has 1 N–H and O–H groups in total. The number of hydrogen-bond donors (Lipinski definition) is 1. The lowest BCUT2D eigenvalue weighted by molar-refractivity contribution is -0.146. The summed E-state index contributed by atoms with van der Waals surface area (Å²) in [6, 6.07) is 3.11. The summed E-state index contributed by atoms with van der Waals surface area (Å²) < 4.78 is 46.0. The van der Waals surface area contributed by atoms with Crippen LogP contribution >= 0.6 is 0 Å². The number of nitrogens with one attached hydrogen (secondary N) is 1. The van der Waals surface area contributed by atoms with E-state index in [1.165, 1.54) is 6.07 Å². The lowest BCUT2D eigenvalue weighted by Gasteiger charge is -2.45. The summed E-state index contributed by atoms with van der Waals surface area (Å²) >= 11 is 0. The number of ether oxygens (including phenoxy) is 1.